The minimum atomic E-state index is -0.540. The highest BCUT2D eigenvalue weighted by Gasteiger charge is 2.28. The van der Waals surface area contributed by atoms with Crippen molar-refractivity contribution in [1.82, 2.24) is 9.97 Å². The Balaban J connectivity index is 1.66. The van der Waals surface area contributed by atoms with Crippen molar-refractivity contribution in [1.29, 1.82) is 0 Å². The molecule has 1 aliphatic rings. The molecule has 2 heterocycles. The lowest BCUT2D eigenvalue weighted by Gasteiger charge is -2.24. The molecular weight excluding hydrogens is 379 g/mol. The summed E-state index contributed by atoms with van der Waals surface area (Å²) in [6, 6.07) is 14.1. The van der Waals surface area contributed by atoms with Gasteiger partial charge >= 0.3 is 0 Å². The molecule has 7 heteroatoms. The molecule has 1 atom stereocenters. The summed E-state index contributed by atoms with van der Waals surface area (Å²) < 4.78 is 13.3. The van der Waals surface area contributed by atoms with Gasteiger partial charge in [-0.25, -0.2) is 14.4 Å². The summed E-state index contributed by atoms with van der Waals surface area (Å²) in [7, 11) is 0. The topological polar surface area (TPSA) is 58.1 Å². The van der Waals surface area contributed by atoms with E-state index in [2.05, 4.69) is 39.2 Å². The van der Waals surface area contributed by atoms with Crippen molar-refractivity contribution in [2.24, 2.45) is 0 Å². The van der Waals surface area contributed by atoms with Gasteiger partial charge in [-0.1, -0.05) is 29.8 Å². The Morgan fingerprint density at radius 3 is 2.79 bits per heavy atom. The van der Waals surface area contributed by atoms with Gasteiger partial charge in [0.2, 0.25) is 0 Å². The van der Waals surface area contributed by atoms with Crippen LogP contribution in [0.3, 0.4) is 0 Å². The lowest BCUT2D eigenvalue weighted by Crippen LogP contribution is -2.26. The summed E-state index contributed by atoms with van der Waals surface area (Å²) in [5.41, 5.74) is 2.97. The molecule has 142 valence electrons. The Labute approximate surface area is 167 Å². The first kappa shape index (κ1) is 18.4. The van der Waals surface area contributed by atoms with E-state index in [0.717, 1.165) is 12.1 Å². The molecule has 2 aromatic carbocycles. The summed E-state index contributed by atoms with van der Waals surface area (Å²) in [6.07, 6.45) is 0.912. The van der Waals surface area contributed by atoms with Crippen LogP contribution in [0.4, 0.5) is 21.6 Å². The van der Waals surface area contributed by atoms with Gasteiger partial charge in [-0.3, -0.25) is 4.79 Å². The first-order valence-corrected chi connectivity index (χ1v) is 9.29. The van der Waals surface area contributed by atoms with Crippen molar-refractivity contribution in [2.75, 3.05) is 10.2 Å². The Morgan fingerprint density at radius 1 is 1.21 bits per heavy atom. The van der Waals surface area contributed by atoms with Crippen LogP contribution in [0.5, 0.6) is 0 Å². The second-order valence-electron chi connectivity index (χ2n) is 6.79. The predicted molar refractivity (Wildman–Crippen MR) is 108 cm³/mol. The molecule has 1 aromatic heterocycles. The van der Waals surface area contributed by atoms with Gasteiger partial charge in [0.25, 0.3) is 5.91 Å². The van der Waals surface area contributed by atoms with E-state index in [9.17, 15) is 9.18 Å². The molecule has 0 fully saturated rings. The number of hydrogen-bond acceptors (Lipinski definition) is 4. The molecule has 1 aliphatic heterocycles. The number of benzene rings is 2. The number of carbonyl (C=O) groups excluding carboxylic acids is 1. The van der Waals surface area contributed by atoms with E-state index in [0.29, 0.717) is 17.3 Å². The third-order valence-corrected chi connectivity index (χ3v) is 4.98. The van der Waals surface area contributed by atoms with Gasteiger partial charge in [-0.05, 0) is 50.1 Å². The Kier molecular flexibility index (Phi) is 4.73. The molecule has 28 heavy (non-hydrogen) atoms. The number of nitrogens with zero attached hydrogens (tertiary/aromatic N) is 3. The molecule has 1 unspecified atom stereocenters. The van der Waals surface area contributed by atoms with E-state index in [1.807, 2.05) is 12.1 Å². The monoisotopic (exact) mass is 396 g/mol. The number of rotatable bonds is 3. The van der Waals surface area contributed by atoms with Crippen molar-refractivity contribution >= 4 is 34.7 Å². The summed E-state index contributed by atoms with van der Waals surface area (Å²) in [6.45, 7) is 3.87. The van der Waals surface area contributed by atoms with Crippen molar-refractivity contribution in [2.45, 2.75) is 26.3 Å². The SMILES string of the molecule is Cc1nc(C(=O)Nc2ccc(F)c(Cl)c2)cc(N2c3ccccc3CC2C)n1. The first-order chi connectivity index (χ1) is 13.4. The van der Waals surface area contributed by atoms with Crippen molar-refractivity contribution in [3.05, 3.63) is 76.5 Å². The number of hydrogen-bond donors (Lipinski definition) is 1. The van der Waals surface area contributed by atoms with Gasteiger partial charge in [0.1, 0.15) is 23.2 Å². The number of aryl methyl sites for hydroxylation is 1. The highest BCUT2D eigenvalue weighted by atomic mass is 35.5. The largest absolute Gasteiger partial charge is 0.323 e. The summed E-state index contributed by atoms with van der Waals surface area (Å²) in [4.78, 5) is 23.6. The molecule has 0 radical (unpaired) electrons. The fraction of sp³-hybridized carbons (Fsp3) is 0.190. The standard InChI is InChI=1S/C21H18ClFN4O/c1-12-9-14-5-3-4-6-19(14)27(12)20-11-18(24-13(2)25-20)21(28)26-15-7-8-17(23)16(22)10-15/h3-8,10-12H,9H2,1-2H3,(H,26,28). The number of nitrogens with one attached hydrogen (secondary N) is 1. The van der Waals surface area contributed by atoms with E-state index in [1.54, 1.807) is 13.0 Å². The van der Waals surface area contributed by atoms with Gasteiger partial charge in [0.15, 0.2) is 0 Å². The molecule has 4 rings (SSSR count). The average Bonchev–Trinajstić information content (AvgIpc) is 3.00. The molecular formula is C21H18ClFN4O. The van der Waals surface area contributed by atoms with Crippen LogP contribution in [-0.2, 0) is 6.42 Å². The molecule has 3 aromatic rings. The fourth-order valence-electron chi connectivity index (χ4n) is 3.48. The molecule has 0 bridgehead atoms. The summed E-state index contributed by atoms with van der Waals surface area (Å²) in [5.74, 6) is 0.222. The summed E-state index contributed by atoms with van der Waals surface area (Å²) in [5, 5.41) is 2.65. The second kappa shape index (κ2) is 7.20. The van der Waals surface area contributed by atoms with Gasteiger partial charge in [-0.15, -0.1) is 0 Å². The van der Waals surface area contributed by atoms with E-state index >= 15 is 0 Å². The number of para-hydroxylation sites is 1. The predicted octanol–water partition coefficient (Wildman–Crippen LogP) is 4.91. The van der Waals surface area contributed by atoms with Crippen LogP contribution in [-0.4, -0.2) is 21.9 Å². The molecule has 1 amide bonds. The van der Waals surface area contributed by atoms with Crippen LogP contribution in [0.15, 0.2) is 48.5 Å². The Bertz CT molecular complexity index is 1070. The van der Waals surface area contributed by atoms with Gasteiger partial charge < -0.3 is 10.2 Å². The number of fused-ring (bicyclic) bond motifs is 1. The number of anilines is 3. The second-order valence-corrected chi connectivity index (χ2v) is 7.20. The lowest BCUT2D eigenvalue weighted by atomic mass is 10.1. The van der Waals surface area contributed by atoms with Crippen LogP contribution < -0.4 is 10.2 Å². The average molecular weight is 397 g/mol. The van der Waals surface area contributed by atoms with E-state index in [4.69, 9.17) is 11.6 Å². The lowest BCUT2D eigenvalue weighted by molar-refractivity contribution is 0.102. The molecule has 0 aliphatic carbocycles. The van der Waals surface area contributed by atoms with Crippen LogP contribution in [0.25, 0.3) is 0 Å². The van der Waals surface area contributed by atoms with Crippen LogP contribution in [0.2, 0.25) is 5.02 Å². The Hall–Kier alpha value is -2.99. The van der Waals surface area contributed by atoms with Crippen LogP contribution >= 0.6 is 11.6 Å². The highest BCUT2D eigenvalue weighted by Crippen LogP contribution is 2.37. The normalized spacial score (nSPS) is 15.4. The number of halogens is 2. The number of aromatic nitrogens is 2. The third-order valence-electron chi connectivity index (χ3n) is 4.69. The fourth-order valence-corrected chi connectivity index (χ4v) is 3.66. The van der Waals surface area contributed by atoms with E-state index < -0.39 is 11.7 Å². The minimum absolute atomic E-state index is 0.0557. The molecule has 5 nitrogen and oxygen atoms in total. The highest BCUT2D eigenvalue weighted by molar-refractivity contribution is 6.31. The maximum absolute atomic E-state index is 13.3. The van der Waals surface area contributed by atoms with Crippen LogP contribution in [0, 0.1) is 12.7 Å². The van der Waals surface area contributed by atoms with E-state index in [1.165, 1.54) is 23.8 Å². The Morgan fingerprint density at radius 2 is 2.00 bits per heavy atom. The van der Waals surface area contributed by atoms with Gasteiger partial charge in [0, 0.05) is 23.5 Å². The van der Waals surface area contributed by atoms with Gasteiger partial charge in [0.05, 0.1) is 5.02 Å². The molecule has 0 saturated heterocycles. The minimum Gasteiger partial charge on any atom is -0.323 e. The zero-order chi connectivity index (χ0) is 19.8. The first-order valence-electron chi connectivity index (χ1n) is 8.91. The number of carbonyl (C=O) groups is 1. The third kappa shape index (κ3) is 3.43. The van der Waals surface area contributed by atoms with E-state index in [-0.39, 0.29) is 16.8 Å². The van der Waals surface area contributed by atoms with Crippen LogP contribution in [0.1, 0.15) is 28.8 Å². The summed E-state index contributed by atoms with van der Waals surface area (Å²) >= 11 is 5.79. The van der Waals surface area contributed by atoms with Gasteiger partial charge in [-0.2, -0.15) is 0 Å². The maximum Gasteiger partial charge on any atom is 0.274 e. The van der Waals surface area contributed by atoms with Crippen molar-refractivity contribution < 1.29 is 9.18 Å². The number of amides is 1. The zero-order valence-corrected chi connectivity index (χ0v) is 16.2. The zero-order valence-electron chi connectivity index (χ0n) is 15.4. The molecule has 0 saturated carbocycles. The smallest absolute Gasteiger partial charge is 0.274 e. The molecule has 1 N–H and O–H groups in total. The maximum atomic E-state index is 13.3. The quantitative estimate of drug-likeness (QED) is 0.683. The van der Waals surface area contributed by atoms with Crippen molar-refractivity contribution in [3.63, 3.8) is 0 Å². The van der Waals surface area contributed by atoms with Crippen molar-refractivity contribution in [3.8, 4) is 0 Å². The molecule has 0 spiro atoms.